The maximum absolute atomic E-state index is 12.8. The topological polar surface area (TPSA) is 131 Å². The van der Waals surface area contributed by atoms with Gasteiger partial charge >= 0.3 is 6.03 Å². The molecule has 0 saturated carbocycles. The molecule has 2 aromatic rings. The first-order valence-electron chi connectivity index (χ1n) is 8.63. The number of nitrogens with zero attached hydrogens (tertiary/aromatic N) is 2. The van der Waals surface area contributed by atoms with Gasteiger partial charge < -0.3 is 15.4 Å². The van der Waals surface area contributed by atoms with Crippen LogP contribution in [0.25, 0.3) is 0 Å². The molecule has 150 valence electrons. The normalized spacial score (nSPS) is 16.2. The number of benzene rings is 2. The molecule has 1 heterocycles. The van der Waals surface area contributed by atoms with Gasteiger partial charge in [0.05, 0.1) is 23.4 Å². The number of aryl methyl sites for hydroxylation is 1. The van der Waals surface area contributed by atoms with E-state index < -0.39 is 28.7 Å². The van der Waals surface area contributed by atoms with Gasteiger partial charge in [-0.25, -0.2) is 9.69 Å². The van der Waals surface area contributed by atoms with E-state index in [2.05, 4.69) is 10.6 Å². The minimum absolute atomic E-state index is 0.0540. The summed E-state index contributed by atoms with van der Waals surface area (Å²) >= 11 is 0. The lowest BCUT2D eigenvalue weighted by atomic mass is 10.0. The summed E-state index contributed by atoms with van der Waals surface area (Å²) in [5, 5.41) is 16.0. The Morgan fingerprint density at radius 3 is 2.55 bits per heavy atom. The van der Waals surface area contributed by atoms with Crippen LogP contribution in [-0.4, -0.2) is 36.4 Å². The molecule has 0 radical (unpaired) electrons. The van der Waals surface area contributed by atoms with Crippen molar-refractivity contribution in [2.75, 3.05) is 23.9 Å². The SMILES string of the molecule is COc1ccc([N+](=O)[O-])cc1NC(=O)C1CNC(=O)N(c2ccc(C)cc2)C1=O. The van der Waals surface area contributed by atoms with Crippen molar-refractivity contribution in [3.63, 3.8) is 0 Å². The van der Waals surface area contributed by atoms with Gasteiger partial charge in [0.1, 0.15) is 11.7 Å². The number of nitro groups is 1. The fraction of sp³-hybridized carbons (Fsp3) is 0.211. The summed E-state index contributed by atoms with van der Waals surface area (Å²) in [5.74, 6) is -2.42. The number of methoxy groups -OCH3 is 1. The number of anilines is 2. The molecule has 0 aromatic heterocycles. The van der Waals surface area contributed by atoms with Crippen molar-refractivity contribution in [3.8, 4) is 5.75 Å². The van der Waals surface area contributed by atoms with Gasteiger partial charge in [-0.1, -0.05) is 17.7 Å². The fourth-order valence-corrected chi connectivity index (χ4v) is 2.88. The highest BCUT2D eigenvalue weighted by molar-refractivity contribution is 6.23. The average Bonchev–Trinajstić information content (AvgIpc) is 2.69. The molecular formula is C19H18N4O6. The summed E-state index contributed by atoms with van der Waals surface area (Å²) in [6.07, 6.45) is 0. The van der Waals surface area contributed by atoms with E-state index in [1.807, 2.05) is 6.92 Å². The standard InChI is InChI=1S/C19H18N4O6/c1-11-3-5-12(6-4-11)22-18(25)14(10-20-19(22)26)17(24)21-15-9-13(23(27)28)7-8-16(15)29-2/h3-9,14H,10H2,1-2H3,(H,20,26)(H,21,24). The Bertz CT molecular complexity index is 989. The smallest absolute Gasteiger partial charge is 0.328 e. The first kappa shape index (κ1) is 19.8. The molecule has 1 saturated heterocycles. The van der Waals surface area contributed by atoms with Crippen LogP contribution >= 0.6 is 0 Å². The largest absolute Gasteiger partial charge is 0.495 e. The molecule has 1 unspecified atom stereocenters. The third kappa shape index (κ3) is 4.00. The van der Waals surface area contributed by atoms with Gasteiger partial charge in [-0.15, -0.1) is 0 Å². The van der Waals surface area contributed by atoms with Crippen LogP contribution in [-0.2, 0) is 9.59 Å². The van der Waals surface area contributed by atoms with Gasteiger partial charge in [0.2, 0.25) is 11.8 Å². The average molecular weight is 398 g/mol. The zero-order valence-electron chi connectivity index (χ0n) is 15.7. The summed E-state index contributed by atoms with van der Waals surface area (Å²) in [6, 6.07) is 9.79. The zero-order chi connectivity index (χ0) is 21.1. The number of nitro benzene ring substituents is 1. The molecule has 3 rings (SSSR count). The number of hydrogen-bond donors (Lipinski definition) is 2. The predicted octanol–water partition coefficient (Wildman–Crippen LogP) is 2.22. The van der Waals surface area contributed by atoms with E-state index in [1.165, 1.54) is 19.2 Å². The number of carbonyl (C=O) groups excluding carboxylic acids is 3. The lowest BCUT2D eigenvalue weighted by Crippen LogP contribution is -2.58. The minimum atomic E-state index is -1.21. The third-order valence-electron chi connectivity index (χ3n) is 4.44. The van der Waals surface area contributed by atoms with Gasteiger partial charge in [0.25, 0.3) is 5.69 Å². The van der Waals surface area contributed by atoms with E-state index in [0.717, 1.165) is 16.5 Å². The van der Waals surface area contributed by atoms with Gasteiger partial charge in [-0.05, 0) is 25.1 Å². The lowest BCUT2D eigenvalue weighted by molar-refractivity contribution is -0.384. The number of imide groups is 1. The Morgan fingerprint density at radius 1 is 1.24 bits per heavy atom. The van der Waals surface area contributed by atoms with E-state index in [4.69, 9.17) is 4.74 Å². The number of non-ortho nitro benzene ring substituents is 1. The van der Waals surface area contributed by atoms with Crippen LogP contribution in [0.3, 0.4) is 0 Å². The lowest BCUT2D eigenvalue weighted by Gasteiger charge is -2.30. The monoisotopic (exact) mass is 398 g/mol. The summed E-state index contributed by atoms with van der Waals surface area (Å²) in [7, 11) is 1.35. The summed E-state index contributed by atoms with van der Waals surface area (Å²) in [4.78, 5) is 49.1. The second-order valence-electron chi connectivity index (χ2n) is 6.38. The highest BCUT2D eigenvalue weighted by atomic mass is 16.6. The van der Waals surface area contributed by atoms with Crippen molar-refractivity contribution in [1.29, 1.82) is 0 Å². The second-order valence-corrected chi connectivity index (χ2v) is 6.38. The molecule has 1 fully saturated rings. The number of urea groups is 1. The van der Waals surface area contributed by atoms with Gasteiger partial charge in [0.15, 0.2) is 0 Å². The molecule has 0 aliphatic carbocycles. The molecule has 0 bridgehead atoms. The zero-order valence-corrected chi connectivity index (χ0v) is 15.7. The summed E-state index contributed by atoms with van der Waals surface area (Å²) in [5.41, 5.74) is 1.10. The maximum Gasteiger partial charge on any atom is 0.328 e. The molecule has 1 aliphatic rings. The van der Waals surface area contributed by atoms with Crippen LogP contribution in [0.5, 0.6) is 5.75 Å². The Balaban J connectivity index is 1.85. The Morgan fingerprint density at radius 2 is 1.93 bits per heavy atom. The van der Waals surface area contributed by atoms with Crippen molar-refractivity contribution >= 4 is 34.9 Å². The van der Waals surface area contributed by atoms with Crippen LogP contribution < -0.4 is 20.3 Å². The van der Waals surface area contributed by atoms with E-state index in [1.54, 1.807) is 24.3 Å². The molecule has 1 atom stereocenters. The highest BCUT2D eigenvalue weighted by Crippen LogP contribution is 2.30. The maximum atomic E-state index is 12.8. The third-order valence-corrected chi connectivity index (χ3v) is 4.44. The quantitative estimate of drug-likeness (QED) is 0.451. The molecule has 4 amide bonds. The van der Waals surface area contributed by atoms with Gasteiger partial charge in [-0.3, -0.25) is 19.7 Å². The number of amides is 4. The highest BCUT2D eigenvalue weighted by Gasteiger charge is 2.39. The Hall–Kier alpha value is -3.95. The van der Waals surface area contributed by atoms with Crippen LogP contribution in [0.4, 0.5) is 21.9 Å². The van der Waals surface area contributed by atoms with Gasteiger partial charge in [0, 0.05) is 18.7 Å². The van der Waals surface area contributed by atoms with Crippen LogP contribution in [0.2, 0.25) is 0 Å². The Kier molecular flexibility index (Phi) is 5.44. The molecule has 2 N–H and O–H groups in total. The van der Waals surface area contributed by atoms with Crippen molar-refractivity contribution in [1.82, 2.24) is 5.32 Å². The molecular weight excluding hydrogens is 380 g/mol. The number of carbonyl (C=O) groups is 3. The van der Waals surface area contributed by atoms with Crippen LogP contribution in [0.15, 0.2) is 42.5 Å². The molecule has 29 heavy (non-hydrogen) atoms. The number of nitrogens with one attached hydrogen (secondary N) is 2. The molecule has 1 aliphatic heterocycles. The predicted molar refractivity (Wildman–Crippen MR) is 104 cm³/mol. The molecule has 10 nitrogen and oxygen atoms in total. The first-order valence-corrected chi connectivity index (χ1v) is 8.63. The first-order chi connectivity index (χ1) is 13.8. The van der Waals surface area contributed by atoms with Crippen LogP contribution in [0.1, 0.15) is 5.56 Å². The van der Waals surface area contributed by atoms with Gasteiger partial charge in [-0.2, -0.15) is 0 Å². The fourth-order valence-electron chi connectivity index (χ4n) is 2.88. The van der Waals surface area contributed by atoms with Crippen LogP contribution in [0, 0.1) is 23.0 Å². The summed E-state index contributed by atoms with van der Waals surface area (Å²) in [6.45, 7) is 1.67. The number of hydrogen-bond acceptors (Lipinski definition) is 6. The van der Waals surface area contributed by atoms with Crippen molar-refractivity contribution < 1.29 is 24.0 Å². The van der Waals surface area contributed by atoms with E-state index in [0.29, 0.717) is 5.69 Å². The second kappa shape index (κ2) is 7.97. The van der Waals surface area contributed by atoms with E-state index in [-0.39, 0.29) is 23.7 Å². The molecule has 0 spiro atoms. The van der Waals surface area contributed by atoms with Crippen molar-refractivity contribution in [2.24, 2.45) is 5.92 Å². The van der Waals surface area contributed by atoms with Crippen molar-refractivity contribution in [3.05, 3.63) is 58.1 Å². The number of rotatable bonds is 5. The molecule has 10 heteroatoms. The molecule has 2 aromatic carbocycles. The Labute approximate surface area is 165 Å². The van der Waals surface area contributed by atoms with E-state index >= 15 is 0 Å². The van der Waals surface area contributed by atoms with Crippen molar-refractivity contribution in [2.45, 2.75) is 6.92 Å². The summed E-state index contributed by atoms with van der Waals surface area (Å²) < 4.78 is 5.11. The number of ether oxygens (including phenoxy) is 1. The van der Waals surface area contributed by atoms with E-state index in [9.17, 15) is 24.5 Å². The minimum Gasteiger partial charge on any atom is -0.495 e.